The van der Waals surface area contributed by atoms with E-state index < -0.39 is 23.4 Å². The zero-order valence-corrected chi connectivity index (χ0v) is 14.8. The molecule has 2 N–H and O–H groups in total. The molecule has 2 aromatic carbocycles. The van der Waals surface area contributed by atoms with Crippen molar-refractivity contribution in [3.05, 3.63) is 65.7 Å². The average Bonchev–Trinajstić information content (AvgIpc) is 2.87. The predicted octanol–water partition coefficient (Wildman–Crippen LogP) is 2.65. The van der Waals surface area contributed by atoms with Gasteiger partial charge in [-0.25, -0.2) is 4.79 Å². The smallest absolute Gasteiger partial charge is 0.324 e. The standard InChI is InChI=1S/C20H21N3O3/c1-3-14-9-7-8-12-16(14)21-17(24)13-23-18(25)20(2,22-19(23)26)15-10-5-4-6-11-15/h4-12H,3,13H2,1-2H3,(H,21,24)(H,22,26). The number of rotatable bonds is 5. The van der Waals surface area contributed by atoms with Crippen LogP contribution in [0, 0.1) is 0 Å². The molecule has 134 valence electrons. The summed E-state index contributed by atoms with van der Waals surface area (Å²) in [5.41, 5.74) is 1.20. The fourth-order valence-corrected chi connectivity index (χ4v) is 3.09. The van der Waals surface area contributed by atoms with Crippen LogP contribution < -0.4 is 10.6 Å². The molecule has 1 unspecified atom stereocenters. The van der Waals surface area contributed by atoms with E-state index in [4.69, 9.17) is 0 Å². The first-order valence-electron chi connectivity index (χ1n) is 8.53. The SMILES string of the molecule is CCc1ccccc1NC(=O)CN1C(=O)NC(C)(c2ccccc2)C1=O. The third-order valence-corrected chi connectivity index (χ3v) is 4.60. The predicted molar refractivity (Wildman–Crippen MR) is 98.5 cm³/mol. The molecule has 2 aromatic rings. The molecule has 1 fully saturated rings. The molecule has 6 heteroatoms. The number of urea groups is 1. The second-order valence-corrected chi connectivity index (χ2v) is 6.37. The van der Waals surface area contributed by atoms with E-state index in [2.05, 4.69) is 10.6 Å². The van der Waals surface area contributed by atoms with Gasteiger partial charge in [0, 0.05) is 5.69 Å². The molecule has 6 nitrogen and oxygen atoms in total. The van der Waals surface area contributed by atoms with Crippen LogP contribution in [0.25, 0.3) is 0 Å². The number of carbonyl (C=O) groups excluding carboxylic acids is 3. The first-order valence-corrected chi connectivity index (χ1v) is 8.53. The summed E-state index contributed by atoms with van der Waals surface area (Å²) in [4.78, 5) is 38.5. The quantitative estimate of drug-likeness (QED) is 0.813. The van der Waals surface area contributed by atoms with Crippen LogP contribution >= 0.6 is 0 Å². The number of hydrogen-bond acceptors (Lipinski definition) is 3. The van der Waals surface area contributed by atoms with Crippen molar-refractivity contribution in [1.29, 1.82) is 0 Å². The molecule has 1 atom stereocenters. The van der Waals surface area contributed by atoms with E-state index in [9.17, 15) is 14.4 Å². The third-order valence-electron chi connectivity index (χ3n) is 4.60. The Morgan fingerprint density at radius 3 is 2.42 bits per heavy atom. The maximum Gasteiger partial charge on any atom is 0.325 e. The van der Waals surface area contributed by atoms with Gasteiger partial charge in [0.2, 0.25) is 5.91 Å². The second kappa shape index (κ2) is 7.00. The molecule has 3 rings (SSSR count). The van der Waals surface area contributed by atoms with E-state index in [1.165, 1.54) is 0 Å². The highest BCUT2D eigenvalue weighted by atomic mass is 16.2. The number of hydrogen-bond donors (Lipinski definition) is 2. The molecular formula is C20H21N3O3. The molecule has 0 spiro atoms. The fraction of sp³-hybridized carbons (Fsp3) is 0.250. The second-order valence-electron chi connectivity index (χ2n) is 6.37. The van der Waals surface area contributed by atoms with Crippen molar-refractivity contribution < 1.29 is 14.4 Å². The summed E-state index contributed by atoms with van der Waals surface area (Å²) in [6, 6.07) is 15.9. The number of aryl methyl sites for hydroxylation is 1. The Balaban J connectivity index is 1.75. The minimum atomic E-state index is -1.17. The zero-order valence-electron chi connectivity index (χ0n) is 14.8. The lowest BCUT2D eigenvalue weighted by Crippen LogP contribution is -2.42. The van der Waals surface area contributed by atoms with Crippen LogP contribution in [0.2, 0.25) is 0 Å². The first-order chi connectivity index (χ1) is 12.5. The molecule has 1 aliphatic rings. The van der Waals surface area contributed by atoms with Gasteiger partial charge in [-0.05, 0) is 30.5 Å². The van der Waals surface area contributed by atoms with Gasteiger partial charge in [-0.3, -0.25) is 14.5 Å². The molecule has 26 heavy (non-hydrogen) atoms. The minimum Gasteiger partial charge on any atom is -0.324 e. The molecule has 1 heterocycles. The van der Waals surface area contributed by atoms with Gasteiger partial charge < -0.3 is 10.6 Å². The summed E-state index contributed by atoms with van der Waals surface area (Å²) in [5, 5.41) is 5.48. The van der Waals surface area contributed by atoms with Crippen LogP contribution in [0.1, 0.15) is 25.0 Å². The lowest BCUT2D eigenvalue weighted by molar-refractivity contribution is -0.133. The highest BCUT2D eigenvalue weighted by Crippen LogP contribution is 2.28. The third kappa shape index (κ3) is 3.18. The van der Waals surface area contributed by atoms with Crippen molar-refractivity contribution in [2.45, 2.75) is 25.8 Å². The number of imide groups is 1. The molecule has 4 amide bonds. The average molecular weight is 351 g/mol. The van der Waals surface area contributed by atoms with Crippen molar-refractivity contribution in [2.75, 3.05) is 11.9 Å². The summed E-state index contributed by atoms with van der Waals surface area (Å²) < 4.78 is 0. The summed E-state index contributed by atoms with van der Waals surface area (Å²) in [7, 11) is 0. The maximum absolute atomic E-state index is 12.8. The van der Waals surface area contributed by atoms with Gasteiger partial charge >= 0.3 is 6.03 Å². The van der Waals surface area contributed by atoms with E-state index in [0.29, 0.717) is 11.3 Å². The Bertz CT molecular complexity index is 850. The zero-order chi connectivity index (χ0) is 18.7. The van der Waals surface area contributed by atoms with Crippen LogP contribution in [0.3, 0.4) is 0 Å². The summed E-state index contributed by atoms with van der Waals surface area (Å²) in [6.45, 7) is 3.31. The van der Waals surface area contributed by atoms with Gasteiger partial charge in [0.25, 0.3) is 5.91 Å². The van der Waals surface area contributed by atoms with Crippen LogP contribution in [0.4, 0.5) is 10.5 Å². The number of benzene rings is 2. The molecule has 1 aliphatic heterocycles. The van der Waals surface area contributed by atoms with E-state index >= 15 is 0 Å². The van der Waals surface area contributed by atoms with E-state index in [1.807, 2.05) is 31.2 Å². The van der Waals surface area contributed by atoms with Crippen molar-refractivity contribution in [3.8, 4) is 0 Å². The van der Waals surface area contributed by atoms with Crippen molar-refractivity contribution in [2.24, 2.45) is 0 Å². The number of anilines is 1. The minimum absolute atomic E-state index is 0.328. The number of carbonyl (C=O) groups is 3. The molecule has 0 bridgehead atoms. The monoisotopic (exact) mass is 351 g/mol. The van der Waals surface area contributed by atoms with Gasteiger partial charge in [0.15, 0.2) is 0 Å². The molecule has 1 saturated heterocycles. The van der Waals surface area contributed by atoms with Crippen LogP contribution in [0.15, 0.2) is 54.6 Å². The Morgan fingerprint density at radius 2 is 1.73 bits per heavy atom. The Labute approximate surface area is 152 Å². The van der Waals surface area contributed by atoms with Gasteiger partial charge in [0.05, 0.1) is 0 Å². The lowest BCUT2D eigenvalue weighted by atomic mass is 9.92. The summed E-state index contributed by atoms with van der Waals surface area (Å²) >= 11 is 0. The summed E-state index contributed by atoms with van der Waals surface area (Å²) in [6.07, 6.45) is 0.770. The molecule has 0 aromatic heterocycles. The lowest BCUT2D eigenvalue weighted by Gasteiger charge is -2.22. The van der Waals surface area contributed by atoms with Gasteiger partial charge in [-0.2, -0.15) is 0 Å². The highest BCUT2D eigenvalue weighted by molar-refractivity contribution is 6.10. The van der Waals surface area contributed by atoms with Crippen molar-refractivity contribution in [3.63, 3.8) is 0 Å². The molecule has 0 radical (unpaired) electrons. The van der Waals surface area contributed by atoms with E-state index in [0.717, 1.165) is 16.9 Å². The van der Waals surface area contributed by atoms with Crippen molar-refractivity contribution >= 4 is 23.5 Å². The van der Waals surface area contributed by atoms with Crippen LogP contribution in [0.5, 0.6) is 0 Å². The number of nitrogens with one attached hydrogen (secondary N) is 2. The fourth-order valence-electron chi connectivity index (χ4n) is 3.09. The number of nitrogens with zero attached hydrogens (tertiary/aromatic N) is 1. The first kappa shape index (κ1) is 17.7. The number of para-hydroxylation sites is 1. The Hall–Kier alpha value is -3.15. The van der Waals surface area contributed by atoms with Gasteiger partial charge in [0.1, 0.15) is 12.1 Å². The van der Waals surface area contributed by atoms with Gasteiger partial charge in [-0.15, -0.1) is 0 Å². The van der Waals surface area contributed by atoms with E-state index in [-0.39, 0.29) is 6.54 Å². The normalized spacial score (nSPS) is 19.4. The highest BCUT2D eigenvalue weighted by Gasteiger charge is 2.49. The van der Waals surface area contributed by atoms with Crippen LogP contribution in [-0.4, -0.2) is 29.3 Å². The molecule has 0 saturated carbocycles. The molecule has 0 aliphatic carbocycles. The number of amides is 4. The Morgan fingerprint density at radius 1 is 1.08 bits per heavy atom. The summed E-state index contributed by atoms with van der Waals surface area (Å²) in [5.74, 6) is -0.848. The van der Waals surface area contributed by atoms with Crippen molar-refractivity contribution in [1.82, 2.24) is 10.2 Å². The van der Waals surface area contributed by atoms with E-state index in [1.54, 1.807) is 37.3 Å². The largest absolute Gasteiger partial charge is 0.325 e. The maximum atomic E-state index is 12.8. The van der Waals surface area contributed by atoms with Crippen LogP contribution in [-0.2, 0) is 21.5 Å². The topological polar surface area (TPSA) is 78.5 Å². The molecular weight excluding hydrogens is 330 g/mol. The van der Waals surface area contributed by atoms with Gasteiger partial charge in [-0.1, -0.05) is 55.5 Å². The Kier molecular flexibility index (Phi) is 4.75.